The Hall–Kier alpha value is -1.61. The minimum atomic E-state index is -0.363. The molecule has 1 saturated carbocycles. The molecule has 3 nitrogen and oxygen atoms in total. The van der Waals surface area contributed by atoms with Gasteiger partial charge in [-0.1, -0.05) is 24.3 Å². The Morgan fingerprint density at radius 2 is 2.25 bits per heavy atom. The van der Waals surface area contributed by atoms with Gasteiger partial charge in [0.05, 0.1) is 0 Å². The van der Waals surface area contributed by atoms with E-state index < -0.39 is 0 Å². The third kappa shape index (κ3) is 2.63. The van der Waals surface area contributed by atoms with Crippen LogP contribution in [0.25, 0.3) is 0 Å². The lowest BCUT2D eigenvalue weighted by Gasteiger charge is -2.26. The highest BCUT2D eigenvalue weighted by Crippen LogP contribution is 2.44. The second-order valence-electron chi connectivity index (χ2n) is 6.18. The standard InChI is InChI=1S/C17H22N2O/c1-11(16-9-12-5-6-14(16)7-12)19-10-13-3-2-4-15(8-13)17(18)20/h2-6,8,11-12,14,16,19H,7,9-10H2,1H3,(H2,18,20). The highest BCUT2D eigenvalue weighted by Gasteiger charge is 2.38. The van der Waals surface area contributed by atoms with Crippen molar-refractivity contribution in [2.75, 3.05) is 0 Å². The van der Waals surface area contributed by atoms with E-state index in [-0.39, 0.29) is 5.91 Å². The Balaban J connectivity index is 1.58. The molecule has 0 spiro atoms. The summed E-state index contributed by atoms with van der Waals surface area (Å²) >= 11 is 0. The SMILES string of the molecule is CC(NCc1cccc(C(N)=O)c1)C1CC2C=CC1C2. The molecule has 4 atom stereocenters. The Bertz CT molecular complexity index is 538. The van der Waals surface area contributed by atoms with E-state index in [2.05, 4.69) is 24.4 Å². The number of fused-ring (bicyclic) bond motifs is 2. The molecule has 0 aliphatic heterocycles. The molecule has 3 N–H and O–H groups in total. The van der Waals surface area contributed by atoms with E-state index in [9.17, 15) is 4.79 Å². The number of benzene rings is 1. The number of hydrogen-bond acceptors (Lipinski definition) is 2. The van der Waals surface area contributed by atoms with E-state index in [0.29, 0.717) is 11.6 Å². The molecule has 4 unspecified atom stereocenters. The Labute approximate surface area is 120 Å². The van der Waals surface area contributed by atoms with Crippen LogP contribution in [0.4, 0.5) is 0 Å². The molecule has 0 heterocycles. The largest absolute Gasteiger partial charge is 0.366 e. The molecule has 2 aliphatic rings. The van der Waals surface area contributed by atoms with Gasteiger partial charge in [0, 0.05) is 18.2 Å². The second-order valence-corrected chi connectivity index (χ2v) is 6.18. The zero-order valence-electron chi connectivity index (χ0n) is 11.9. The molecule has 2 bridgehead atoms. The second kappa shape index (κ2) is 5.41. The van der Waals surface area contributed by atoms with Crippen LogP contribution in [0.3, 0.4) is 0 Å². The summed E-state index contributed by atoms with van der Waals surface area (Å²) in [5.41, 5.74) is 7.01. The van der Waals surface area contributed by atoms with E-state index in [0.717, 1.165) is 29.9 Å². The fraction of sp³-hybridized carbons (Fsp3) is 0.471. The van der Waals surface area contributed by atoms with Gasteiger partial charge in [-0.2, -0.15) is 0 Å². The van der Waals surface area contributed by atoms with Crippen molar-refractivity contribution >= 4 is 5.91 Å². The van der Waals surface area contributed by atoms with Crippen LogP contribution in [-0.2, 0) is 6.54 Å². The Morgan fingerprint density at radius 3 is 2.90 bits per heavy atom. The van der Waals surface area contributed by atoms with Gasteiger partial charge in [-0.3, -0.25) is 4.79 Å². The zero-order valence-corrected chi connectivity index (χ0v) is 11.9. The quantitative estimate of drug-likeness (QED) is 0.808. The number of nitrogens with two attached hydrogens (primary N) is 1. The lowest BCUT2D eigenvalue weighted by Crippen LogP contribution is -2.35. The minimum absolute atomic E-state index is 0.363. The summed E-state index contributed by atoms with van der Waals surface area (Å²) < 4.78 is 0. The molecule has 0 aromatic heterocycles. The van der Waals surface area contributed by atoms with Crippen molar-refractivity contribution in [3.8, 4) is 0 Å². The van der Waals surface area contributed by atoms with Crippen molar-refractivity contribution in [1.82, 2.24) is 5.32 Å². The van der Waals surface area contributed by atoms with E-state index in [1.165, 1.54) is 12.8 Å². The van der Waals surface area contributed by atoms with Crippen LogP contribution in [0.2, 0.25) is 0 Å². The van der Waals surface area contributed by atoms with Crippen molar-refractivity contribution < 1.29 is 4.79 Å². The molecule has 3 rings (SSSR count). The maximum absolute atomic E-state index is 11.2. The third-order valence-corrected chi connectivity index (χ3v) is 4.81. The molecule has 106 valence electrons. The van der Waals surface area contributed by atoms with Crippen LogP contribution in [0.15, 0.2) is 36.4 Å². The Morgan fingerprint density at radius 1 is 1.40 bits per heavy atom. The van der Waals surface area contributed by atoms with E-state index >= 15 is 0 Å². The number of carbonyl (C=O) groups excluding carboxylic acids is 1. The maximum atomic E-state index is 11.2. The fourth-order valence-electron chi connectivity index (χ4n) is 3.66. The molecule has 1 fully saturated rings. The van der Waals surface area contributed by atoms with Gasteiger partial charge in [-0.25, -0.2) is 0 Å². The van der Waals surface area contributed by atoms with Gasteiger partial charge in [0.2, 0.25) is 5.91 Å². The minimum Gasteiger partial charge on any atom is -0.366 e. The average molecular weight is 270 g/mol. The normalized spacial score (nSPS) is 28.8. The number of carbonyl (C=O) groups is 1. The Kier molecular flexibility index (Phi) is 3.62. The zero-order chi connectivity index (χ0) is 14.1. The lowest BCUT2D eigenvalue weighted by atomic mass is 9.87. The lowest BCUT2D eigenvalue weighted by molar-refractivity contribution is 0.1000. The summed E-state index contributed by atoms with van der Waals surface area (Å²) in [6.45, 7) is 3.07. The molecule has 0 radical (unpaired) electrons. The van der Waals surface area contributed by atoms with Gasteiger partial charge in [-0.05, 0) is 55.2 Å². The highest BCUT2D eigenvalue weighted by atomic mass is 16.1. The summed E-state index contributed by atoms with van der Waals surface area (Å²) in [6.07, 6.45) is 7.43. The first kappa shape index (κ1) is 13.4. The van der Waals surface area contributed by atoms with Crippen LogP contribution in [0.5, 0.6) is 0 Å². The summed E-state index contributed by atoms with van der Waals surface area (Å²) in [5.74, 6) is 1.97. The molecule has 1 aromatic rings. The highest BCUT2D eigenvalue weighted by molar-refractivity contribution is 5.92. The average Bonchev–Trinajstić information content (AvgIpc) is 3.07. The smallest absolute Gasteiger partial charge is 0.248 e. The van der Waals surface area contributed by atoms with Gasteiger partial charge >= 0.3 is 0 Å². The van der Waals surface area contributed by atoms with Crippen LogP contribution in [-0.4, -0.2) is 11.9 Å². The van der Waals surface area contributed by atoms with E-state index in [1.54, 1.807) is 6.07 Å². The van der Waals surface area contributed by atoms with Crippen molar-refractivity contribution in [3.05, 3.63) is 47.5 Å². The summed E-state index contributed by atoms with van der Waals surface area (Å²) in [7, 11) is 0. The number of amides is 1. The number of hydrogen-bond donors (Lipinski definition) is 2. The maximum Gasteiger partial charge on any atom is 0.248 e. The molecule has 0 saturated heterocycles. The summed E-state index contributed by atoms with van der Waals surface area (Å²) in [4.78, 5) is 11.2. The molecule has 3 heteroatoms. The monoisotopic (exact) mass is 270 g/mol. The van der Waals surface area contributed by atoms with E-state index in [4.69, 9.17) is 5.73 Å². The first-order valence-electron chi connectivity index (χ1n) is 7.44. The number of nitrogens with one attached hydrogen (secondary N) is 1. The van der Waals surface area contributed by atoms with E-state index in [1.807, 2.05) is 18.2 Å². The molecule has 1 amide bonds. The van der Waals surface area contributed by atoms with Crippen molar-refractivity contribution in [2.24, 2.45) is 23.5 Å². The third-order valence-electron chi connectivity index (χ3n) is 4.81. The number of primary amides is 1. The van der Waals surface area contributed by atoms with Crippen LogP contribution in [0.1, 0.15) is 35.7 Å². The topological polar surface area (TPSA) is 55.1 Å². The first-order valence-corrected chi connectivity index (χ1v) is 7.44. The molecule has 1 aromatic carbocycles. The van der Waals surface area contributed by atoms with Crippen LogP contribution in [0, 0.1) is 17.8 Å². The van der Waals surface area contributed by atoms with Gasteiger partial charge in [-0.15, -0.1) is 0 Å². The number of allylic oxidation sites excluding steroid dienone is 2. The summed E-state index contributed by atoms with van der Waals surface area (Å²) in [6, 6.07) is 8.07. The van der Waals surface area contributed by atoms with Gasteiger partial charge in [0.15, 0.2) is 0 Å². The van der Waals surface area contributed by atoms with Crippen LogP contribution < -0.4 is 11.1 Å². The molecular weight excluding hydrogens is 248 g/mol. The van der Waals surface area contributed by atoms with Gasteiger partial charge in [0.1, 0.15) is 0 Å². The summed E-state index contributed by atoms with van der Waals surface area (Å²) in [5, 5.41) is 3.61. The van der Waals surface area contributed by atoms with Gasteiger partial charge < -0.3 is 11.1 Å². The molecular formula is C17H22N2O. The molecule has 20 heavy (non-hydrogen) atoms. The molecule has 2 aliphatic carbocycles. The van der Waals surface area contributed by atoms with Crippen molar-refractivity contribution in [2.45, 2.75) is 32.4 Å². The van der Waals surface area contributed by atoms with Crippen molar-refractivity contribution in [3.63, 3.8) is 0 Å². The predicted octanol–water partition coefficient (Wildman–Crippen LogP) is 2.48. The van der Waals surface area contributed by atoms with Crippen molar-refractivity contribution in [1.29, 1.82) is 0 Å². The number of rotatable bonds is 5. The van der Waals surface area contributed by atoms with Crippen LogP contribution >= 0.6 is 0 Å². The fourth-order valence-corrected chi connectivity index (χ4v) is 3.66. The van der Waals surface area contributed by atoms with Gasteiger partial charge in [0.25, 0.3) is 0 Å². The first-order chi connectivity index (χ1) is 9.63. The predicted molar refractivity (Wildman–Crippen MR) is 80.1 cm³/mol.